The highest BCUT2D eigenvalue weighted by molar-refractivity contribution is 9.10. The average molecular weight is 281 g/mol. The van der Waals surface area contributed by atoms with Crippen molar-refractivity contribution in [2.45, 2.75) is 19.9 Å². The first-order chi connectivity index (χ1) is 7.61. The summed E-state index contributed by atoms with van der Waals surface area (Å²) in [4.78, 5) is 4.10. The van der Waals surface area contributed by atoms with Gasteiger partial charge in [0.1, 0.15) is 0 Å². The van der Waals surface area contributed by atoms with Gasteiger partial charge in [-0.2, -0.15) is 5.10 Å². The summed E-state index contributed by atoms with van der Waals surface area (Å²) >= 11 is 3.49. The van der Waals surface area contributed by atoms with Gasteiger partial charge in [0.2, 0.25) is 0 Å². The molecule has 0 aliphatic heterocycles. The fourth-order valence-electron chi connectivity index (χ4n) is 1.59. The number of anilines is 1. The normalized spacial score (nSPS) is 11.0. The Bertz CT molecular complexity index is 504. The Balaban J connectivity index is 2.64. The van der Waals surface area contributed by atoms with Crippen LogP contribution in [0, 0.1) is 0 Å². The van der Waals surface area contributed by atoms with Crippen LogP contribution in [0.3, 0.4) is 0 Å². The van der Waals surface area contributed by atoms with E-state index in [1.807, 2.05) is 4.68 Å². The molecule has 0 spiro atoms. The third-order valence-electron chi connectivity index (χ3n) is 2.35. The number of hydrogen-bond acceptors (Lipinski definition) is 3. The van der Waals surface area contributed by atoms with E-state index in [-0.39, 0.29) is 6.04 Å². The first-order valence-corrected chi connectivity index (χ1v) is 5.83. The molecule has 0 saturated carbocycles. The van der Waals surface area contributed by atoms with Crippen molar-refractivity contribution < 1.29 is 0 Å². The Morgan fingerprint density at radius 1 is 1.38 bits per heavy atom. The number of nitrogen functional groups attached to an aromatic ring is 1. The van der Waals surface area contributed by atoms with E-state index in [1.54, 1.807) is 24.7 Å². The third-order valence-corrected chi connectivity index (χ3v) is 2.93. The summed E-state index contributed by atoms with van der Waals surface area (Å²) < 4.78 is 2.86. The Morgan fingerprint density at radius 2 is 2.12 bits per heavy atom. The number of rotatable bonds is 2. The van der Waals surface area contributed by atoms with E-state index in [0.29, 0.717) is 5.69 Å². The highest BCUT2D eigenvalue weighted by Crippen LogP contribution is 2.32. The number of nitrogens with zero attached hydrogens (tertiary/aromatic N) is 3. The van der Waals surface area contributed by atoms with Gasteiger partial charge in [-0.3, -0.25) is 9.67 Å². The second-order valence-corrected chi connectivity index (χ2v) is 4.70. The first-order valence-electron chi connectivity index (χ1n) is 5.04. The smallest absolute Gasteiger partial charge is 0.0863 e. The second-order valence-electron chi connectivity index (χ2n) is 3.84. The molecule has 2 aromatic rings. The van der Waals surface area contributed by atoms with Crippen molar-refractivity contribution in [3.63, 3.8) is 0 Å². The van der Waals surface area contributed by atoms with E-state index < -0.39 is 0 Å². The van der Waals surface area contributed by atoms with Gasteiger partial charge in [-0.15, -0.1) is 0 Å². The van der Waals surface area contributed by atoms with Gasteiger partial charge in [0.25, 0.3) is 0 Å². The maximum absolute atomic E-state index is 5.95. The lowest BCUT2D eigenvalue weighted by Crippen LogP contribution is -2.06. The lowest BCUT2D eigenvalue weighted by atomic mass is 10.1. The van der Waals surface area contributed by atoms with Gasteiger partial charge in [-0.25, -0.2) is 0 Å². The maximum Gasteiger partial charge on any atom is 0.0863 e. The molecule has 2 N–H and O–H groups in total. The van der Waals surface area contributed by atoms with Gasteiger partial charge in [0.15, 0.2) is 0 Å². The molecule has 16 heavy (non-hydrogen) atoms. The molecular formula is C11H13BrN4. The Hall–Kier alpha value is -1.36. The van der Waals surface area contributed by atoms with Crippen LogP contribution in [-0.2, 0) is 0 Å². The second kappa shape index (κ2) is 4.25. The van der Waals surface area contributed by atoms with E-state index in [4.69, 9.17) is 5.73 Å². The zero-order chi connectivity index (χ0) is 11.7. The molecule has 4 nitrogen and oxygen atoms in total. The van der Waals surface area contributed by atoms with Crippen molar-refractivity contribution in [3.8, 4) is 11.3 Å². The molecule has 0 amide bonds. The van der Waals surface area contributed by atoms with Gasteiger partial charge in [0, 0.05) is 29.7 Å². The van der Waals surface area contributed by atoms with Gasteiger partial charge in [0.05, 0.1) is 16.4 Å². The lowest BCUT2D eigenvalue weighted by molar-refractivity contribution is 0.538. The molecule has 5 heteroatoms. The summed E-state index contributed by atoms with van der Waals surface area (Å²) in [6.45, 7) is 4.16. The summed E-state index contributed by atoms with van der Waals surface area (Å²) in [5, 5.41) is 4.32. The standard InChI is InChI=1S/C11H13BrN4/c1-7(2)16-11(9(12)6-15-16)8-5-14-4-3-10(8)13/h3-7H,1-2H3,(H2,13,14). The van der Waals surface area contributed by atoms with Crippen LogP contribution in [0.5, 0.6) is 0 Å². The molecule has 0 aliphatic carbocycles. The number of nitrogens with two attached hydrogens (primary N) is 1. The summed E-state index contributed by atoms with van der Waals surface area (Å²) in [6.07, 6.45) is 5.22. The zero-order valence-corrected chi connectivity index (χ0v) is 10.8. The molecule has 0 bridgehead atoms. The highest BCUT2D eigenvalue weighted by atomic mass is 79.9. The van der Waals surface area contributed by atoms with Crippen LogP contribution in [0.15, 0.2) is 29.1 Å². The van der Waals surface area contributed by atoms with E-state index in [1.165, 1.54) is 0 Å². The van der Waals surface area contributed by atoms with Gasteiger partial charge < -0.3 is 5.73 Å². The number of pyridine rings is 1. The van der Waals surface area contributed by atoms with Crippen LogP contribution in [0.4, 0.5) is 5.69 Å². The van der Waals surface area contributed by atoms with Crippen LogP contribution >= 0.6 is 15.9 Å². The summed E-state index contributed by atoms with van der Waals surface area (Å²) in [5.41, 5.74) is 8.53. The van der Waals surface area contributed by atoms with Crippen molar-refractivity contribution in [1.82, 2.24) is 14.8 Å². The molecule has 0 aliphatic rings. The predicted octanol–water partition coefficient (Wildman–Crippen LogP) is 2.87. The third kappa shape index (κ3) is 1.82. The molecular weight excluding hydrogens is 268 g/mol. The highest BCUT2D eigenvalue weighted by Gasteiger charge is 2.15. The first kappa shape index (κ1) is 11.1. The number of halogens is 1. The molecule has 0 atom stereocenters. The monoisotopic (exact) mass is 280 g/mol. The molecule has 2 rings (SSSR count). The fourth-order valence-corrected chi connectivity index (χ4v) is 2.07. The Kier molecular flexibility index (Phi) is 2.96. The Labute approximate surface area is 103 Å². The topological polar surface area (TPSA) is 56.7 Å². The van der Waals surface area contributed by atoms with Gasteiger partial charge >= 0.3 is 0 Å². The summed E-state index contributed by atoms with van der Waals surface area (Å²) in [7, 11) is 0. The minimum atomic E-state index is 0.279. The quantitative estimate of drug-likeness (QED) is 0.920. The van der Waals surface area contributed by atoms with Crippen molar-refractivity contribution in [3.05, 3.63) is 29.1 Å². The van der Waals surface area contributed by atoms with Crippen LogP contribution < -0.4 is 5.73 Å². The Morgan fingerprint density at radius 3 is 2.75 bits per heavy atom. The van der Waals surface area contributed by atoms with Crippen LogP contribution in [0.1, 0.15) is 19.9 Å². The maximum atomic E-state index is 5.95. The fraction of sp³-hybridized carbons (Fsp3) is 0.273. The SMILES string of the molecule is CC(C)n1ncc(Br)c1-c1cnccc1N. The largest absolute Gasteiger partial charge is 0.398 e. The van der Waals surface area contributed by atoms with E-state index in [9.17, 15) is 0 Å². The molecule has 0 saturated heterocycles. The zero-order valence-electron chi connectivity index (χ0n) is 9.18. The summed E-state index contributed by atoms with van der Waals surface area (Å²) in [5.74, 6) is 0. The average Bonchev–Trinajstić information content (AvgIpc) is 2.61. The van der Waals surface area contributed by atoms with Crippen molar-refractivity contribution in [2.24, 2.45) is 0 Å². The van der Waals surface area contributed by atoms with Crippen molar-refractivity contribution in [1.29, 1.82) is 0 Å². The van der Waals surface area contributed by atoms with E-state index in [2.05, 4.69) is 39.9 Å². The molecule has 0 radical (unpaired) electrons. The molecule has 2 aromatic heterocycles. The summed E-state index contributed by atoms with van der Waals surface area (Å²) in [6, 6.07) is 2.07. The van der Waals surface area contributed by atoms with E-state index in [0.717, 1.165) is 15.7 Å². The van der Waals surface area contributed by atoms with E-state index >= 15 is 0 Å². The minimum absolute atomic E-state index is 0.279. The minimum Gasteiger partial charge on any atom is -0.398 e. The van der Waals surface area contributed by atoms with Crippen molar-refractivity contribution >= 4 is 21.6 Å². The molecule has 84 valence electrons. The molecule has 2 heterocycles. The van der Waals surface area contributed by atoms with Gasteiger partial charge in [-0.05, 0) is 35.8 Å². The van der Waals surface area contributed by atoms with Gasteiger partial charge in [-0.1, -0.05) is 0 Å². The van der Waals surface area contributed by atoms with Crippen LogP contribution in [0.25, 0.3) is 11.3 Å². The van der Waals surface area contributed by atoms with Crippen LogP contribution in [0.2, 0.25) is 0 Å². The molecule has 0 unspecified atom stereocenters. The predicted molar refractivity (Wildman–Crippen MR) is 68.0 cm³/mol. The molecule has 0 aromatic carbocycles. The lowest BCUT2D eigenvalue weighted by Gasteiger charge is -2.12. The number of aromatic nitrogens is 3. The van der Waals surface area contributed by atoms with Crippen molar-refractivity contribution in [2.75, 3.05) is 5.73 Å². The van der Waals surface area contributed by atoms with Crippen LogP contribution in [-0.4, -0.2) is 14.8 Å². The number of hydrogen-bond donors (Lipinski definition) is 1. The molecule has 0 fully saturated rings.